The molecule has 3 aromatic rings. The summed E-state index contributed by atoms with van der Waals surface area (Å²) in [5, 5.41) is 13.6. The highest BCUT2D eigenvalue weighted by Gasteiger charge is 2.28. The second-order valence-electron chi connectivity index (χ2n) is 8.73. The number of sulfone groups is 1. The molecule has 0 aliphatic heterocycles. The first-order chi connectivity index (χ1) is 14.9. The first kappa shape index (κ1) is 23.4. The zero-order chi connectivity index (χ0) is 23.7. The molecule has 0 saturated carbocycles. The van der Waals surface area contributed by atoms with Crippen molar-refractivity contribution in [3.05, 3.63) is 65.9 Å². The highest BCUT2D eigenvalue weighted by atomic mass is 32.2. The molecule has 0 radical (unpaired) electrons. The SMILES string of the molecule is Cc1ccc(-n2nc(CN(CC(C)(C)C)C(=O)O)cc2S(=O)(=O)c2cccnc2)c(F)c1. The molecule has 0 spiro atoms. The van der Waals surface area contributed by atoms with Gasteiger partial charge in [0.2, 0.25) is 9.84 Å². The van der Waals surface area contributed by atoms with Gasteiger partial charge in [-0.25, -0.2) is 22.3 Å². The van der Waals surface area contributed by atoms with Crippen LogP contribution in [0.1, 0.15) is 32.0 Å². The molecule has 32 heavy (non-hydrogen) atoms. The number of aryl methyl sites for hydroxylation is 1. The Bertz CT molecular complexity index is 1230. The molecule has 0 fully saturated rings. The van der Waals surface area contributed by atoms with E-state index in [4.69, 9.17) is 0 Å². The van der Waals surface area contributed by atoms with E-state index < -0.39 is 21.7 Å². The van der Waals surface area contributed by atoms with Gasteiger partial charge in [0.25, 0.3) is 0 Å². The van der Waals surface area contributed by atoms with Gasteiger partial charge in [-0.1, -0.05) is 26.8 Å². The molecule has 1 N–H and O–H groups in total. The van der Waals surface area contributed by atoms with Crippen molar-refractivity contribution in [2.75, 3.05) is 6.54 Å². The van der Waals surface area contributed by atoms with E-state index in [2.05, 4.69) is 10.1 Å². The van der Waals surface area contributed by atoms with E-state index in [0.29, 0.717) is 5.56 Å². The first-order valence-corrected chi connectivity index (χ1v) is 11.4. The van der Waals surface area contributed by atoms with E-state index in [-0.39, 0.29) is 39.8 Å². The van der Waals surface area contributed by atoms with Crippen LogP contribution in [0.2, 0.25) is 0 Å². The Morgan fingerprint density at radius 2 is 1.94 bits per heavy atom. The minimum atomic E-state index is -4.11. The molecular weight excluding hydrogens is 435 g/mol. The van der Waals surface area contributed by atoms with E-state index >= 15 is 0 Å². The Labute approximate surface area is 186 Å². The summed E-state index contributed by atoms with van der Waals surface area (Å²) in [6.07, 6.45) is 1.48. The van der Waals surface area contributed by atoms with Gasteiger partial charge in [0.1, 0.15) is 11.5 Å². The number of rotatable bonds is 6. The molecular formula is C22H25FN4O4S. The Morgan fingerprint density at radius 3 is 2.50 bits per heavy atom. The van der Waals surface area contributed by atoms with Gasteiger partial charge >= 0.3 is 6.09 Å². The molecule has 1 aromatic carbocycles. The van der Waals surface area contributed by atoms with Crippen molar-refractivity contribution in [2.45, 2.75) is 44.2 Å². The number of hydrogen-bond donors (Lipinski definition) is 1. The van der Waals surface area contributed by atoms with Gasteiger partial charge in [-0.05, 0) is 42.2 Å². The first-order valence-electron chi connectivity index (χ1n) is 9.87. The molecule has 1 amide bonds. The van der Waals surface area contributed by atoms with E-state index in [1.165, 1.54) is 42.7 Å². The van der Waals surface area contributed by atoms with Gasteiger partial charge < -0.3 is 10.0 Å². The lowest BCUT2D eigenvalue weighted by Crippen LogP contribution is -2.36. The van der Waals surface area contributed by atoms with Crippen molar-refractivity contribution in [3.63, 3.8) is 0 Å². The maximum absolute atomic E-state index is 14.8. The Morgan fingerprint density at radius 1 is 1.22 bits per heavy atom. The highest BCUT2D eigenvalue weighted by Crippen LogP contribution is 2.27. The fraction of sp³-hybridized carbons (Fsp3) is 0.318. The van der Waals surface area contributed by atoms with E-state index in [1.807, 2.05) is 20.8 Å². The third kappa shape index (κ3) is 5.13. The highest BCUT2D eigenvalue weighted by molar-refractivity contribution is 7.91. The minimum absolute atomic E-state index is 0.0537. The maximum atomic E-state index is 14.8. The molecule has 0 bridgehead atoms. The number of aromatic nitrogens is 3. The molecule has 0 saturated heterocycles. The number of pyridine rings is 1. The van der Waals surface area contributed by atoms with E-state index in [9.17, 15) is 22.7 Å². The summed E-state index contributed by atoms with van der Waals surface area (Å²) in [4.78, 5) is 16.7. The van der Waals surface area contributed by atoms with Crippen LogP contribution in [-0.2, 0) is 16.4 Å². The number of carbonyl (C=O) groups is 1. The molecule has 170 valence electrons. The van der Waals surface area contributed by atoms with Gasteiger partial charge in [-0.2, -0.15) is 5.10 Å². The zero-order valence-electron chi connectivity index (χ0n) is 18.3. The standard InChI is InChI=1S/C22H25FN4O4S/c1-15-7-8-19(18(23)10-15)27-20(32(30,31)17-6-5-9-24-12-17)11-16(25-27)13-26(21(28)29)14-22(2,3)4/h5-12H,13-14H2,1-4H3,(H,28,29). The molecule has 0 atom stereocenters. The third-order valence-electron chi connectivity index (χ3n) is 4.57. The van der Waals surface area contributed by atoms with Crippen LogP contribution in [0.15, 0.2) is 58.7 Å². The molecule has 3 rings (SSSR count). The molecule has 0 unspecified atom stereocenters. The minimum Gasteiger partial charge on any atom is -0.465 e. The van der Waals surface area contributed by atoms with Crippen molar-refractivity contribution in [1.29, 1.82) is 0 Å². The fourth-order valence-electron chi connectivity index (χ4n) is 3.22. The van der Waals surface area contributed by atoms with Gasteiger partial charge in [0.15, 0.2) is 5.03 Å². The molecule has 2 heterocycles. The van der Waals surface area contributed by atoms with Gasteiger partial charge in [0, 0.05) is 25.0 Å². The Hall–Kier alpha value is -3.27. The fourth-order valence-corrected chi connectivity index (χ4v) is 4.58. The van der Waals surface area contributed by atoms with Crippen LogP contribution in [0, 0.1) is 18.2 Å². The van der Waals surface area contributed by atoms with Crippen LogP contribution >= 0.6 is 0 Å². The van der Waals surface area contributed by atoms with Crippen LogP contribution in [0.3, 0.4) is 0 Å². The third-order valence-corrected chi connectivity index (χ3v) is 6.27. The molecule has 0 aliphatic carbocycles. The summed E-state index contributed by atoms with van der Waals surface area (Å²) in [6, 6.07) is 8.50. The van der Waals surface area contributed by atoms with Crippen molar-refractivity contribution in [1.82, 2.24) is 19.7 Å². The van der Waals surface area contributed by atoms with Crippen molar-refractivity contribution < 1.29 is 22.7 Å². The summed E-state index contributed by atoms with van der Waals surface area (Å²) in [7, 11) is -4.11. The molecule has 2 aromatic heterocycles. The predicted molar refractivity (Wildman–Crippen MR) is 116 cm³/mol. The largest absolute Gasteiger partial charge is 0.465 e. The van der Waals surface area contributed by atoms with Crippen LogP contribution in [-0.4, -0.2) is 45.8 Å². The Balaban J connectivity index is 2.15. The van der Waals surface area contributed by atoms with Crippen LogP contribution < -0.4 is 0 Å². The van der Waals surface area contributed by atoms with E-state index in [1.54, 1.807) is 13.0 Å². The lowest BCUT2D eigenvalue weighted by Gasteiger charge is -2.27. The van der Waals surface area contributed by atoms with E-state index in [0.717, 1.165) is 9.58 Å². The monoisotopic (exact) mass is 460 g/mol. The molecule has 0 aliphatic rings. The lowest BCUT2D eigenvalue weighted by atomic mass is 9.96. The van der Waals surface area contributed by atoms with Crippen LogP contribution in [0.5, 0.6) is 0 Å². The number of halogens is 1. The van der Waals surface area contributed by atoms with Gasteiger partial charge in [-0.15, -0.1) is 0 Å². The summed E-state index contributed by atoms with van der Waals surface area (Å²) in [6.45, 7) is 7.44. The summed E-state index contributed by atoms with van der Waals surface area (Å²) >= 11 is 0. The maximum Gasteiger partial charge on any atom is 0.407 e. The van der Waals surface area contributed by atoms with Gasteiger partial charge in [-0.3, -0.25) is 4.98 Å². The number of amides is 1. The molecule has 8 nitrogen and oxygen atoms in total. The smallest absolute Gasteiger partial charge is 0.407 e. The normalized spacial score (nSPS) is 12.0. The summed E-state index contributed by atoms with van der Waals surface area (Å²) in [5.74, 6) is -0.646. The Kier molecular flexibility index (Phi) is 6.36. The zero-order valence-corrected chi connectivity index (χ0v) is 19.1. The van der Waals surface area contributed by atoms with Gasteiger partial charge in [0.05, 0.1) is 17.1 Å². The molecule has 10 heteroatoms. The number of benzene rings is 1. The van der Waals surface area contributed by atoms with Crippen LogP contribution in [0.4, 0.5) is 9.18 Å². The summed E-state index contributed by atoms with van der Waals surface area (Å²) < 4.78 is 42.4. The number of carboxylic acid groups (broad SMARTS) is 1. The lowest BCUT2D eigenvalue weighted by molar-refractivity contribution is 0.122. The predicted octanol–water partition coefficient (Wildman–Crippen LogP) is 4.07. The quantitative estimate of drug-likeness (QED) is 0.594. The second kappa shape index (κ2) is 8.70. The average molecular weight is 461 g/mol. The van der Waals surface area contributed by atoms with Crippen molar-refractivity contribution in [2.24, 2.45) is 5.41 Å². The number of nitrogens with zero attached hydrogens (tertiary/aromatic N) is 4. The number of hydrogen-bond acceptors (Lipinski definition) is 5. The summed E-state index contributed by atoms with van der Waals surface area (Å²) in [5.41, 5.74) is 0.466. The second-order valence-corrected chi connectivity index (χ2v) is 10.6. The van der Waals surface area contributed by atoms with Crippen molar-refractivity contribution >= 4 is 15.9 Å². The van der Waals surface area contributed by atoms with Crippen molar-refractivity contribution in [3.8, 4) is 5.69 Å². The van der Waals surface area contributed by atoms with Crippen LogP contribution in [0.25, 0.3) is 5.69 Å². The topological polar surface area (TPSA) is 105 Å². The average Bonchev–Trinajstić information content (AvgIpc) is 3.11.